The normalized spacial score (nSPS) is 17.4. The van der Waals surface area contributed by atoms with Gasteiger partial charge in [0.15, 0.2) is 0 Å². The average Bonchev–Trinajstić information content (AvgIpc) is 3.21. The van der Waals surface area contributed by atoms with Crippen LogP contribution < -0.4 is 5.32 Å². The van der Waals surface area contributed by atoms with Crippen molar-refractivity contribution in [1.29, 1.82) is 0 Å². The number of rotatable bonds is 5. The van der Waals surface area contributed by atoms with E-state index in [1.54, 1.807) is 30.3 Å². The molecule has 1 fully saturated rings. The molecule has 1 N–H and O–H groups in total. The molecular weight excluding hydrogens is 388 g/mol. The SMILES string of the molecule is O=C(/C=C/c1ccc(S(=O)(=O)N2CCOCC2)cc1)Nc1ccc2c(c1)CCC2. The molecule has 0 bridgehead atoms. The zero-order valence-electron chi connectivity index (χ0n) is 16.1. The van der Waals surface area contributed by atoms with Gasteiger partial charge in [0, 0.05) is 24.9 Å². The van der Waals surface area contributed by atoms with E-state index >= 15 is 0 Å². The molecule has 0 atom stereocenters. The second kappa shape index (κ2) is 8.49. The van der Waals surface area contributed by atoms with Crippen molar-refractivity contribution in [3.63, 3.8) is 0 Å². The maximum absolute atomic E-state index is 12.6. The Balaban J connectivity index is 1.39. The third kappa shape index (κ3) is 4.58. The number of carbonyl (C=O) groups excluding carboxylic acids is 1. The number of morpholine rings is 1. The van der Waals surface area contributed by atoms with Crippen molar-refractivity contribution in [3.05, 3.63) is 65.2 Å². The average molecular weight is 413 g/mol. The van der Waals surface area contributed by atoms with Crippen LogP contribution in [0.15, 0.2) is 53.4 Å². The first-order valence-electron chi connectivity index (χ1n) is 9.81. The highest BCUT2D eigenvalue weighted by Crippen LogP contribution is 2.25. The lowest BCUT2D eigenvalue weighted by Gasteiger charge is -2.26. The summed E-state index contributed by atoms with van der Waals surface area (Å²) in [7, 11) is -3.51. The van der Waals surface area contributed by atoms with Crippen molar-refractivity contribution in [2.24, 2.45) is 0 Å². The Hall–Kier alpha value is -2.48. The van der Waals surface area contributed by atoms with Gasteiger partial charge in [-0.3, -0.25) is 4.79 Å². The number of nitrogens with zero attached hydrogens (tertiary/aromatic N) is 1. The van der Waals surface area contributed by atoms with Gasteiger partial charge in [-0.1, -0.05) is 18.2 Å². The first-order valence-corrected chi connectivity index (χ1v) is 11.3. The fraction of sp³-hybridized carbons (Fsp3) is 0.318. The molecule has 0 spiro atoms. The first-order chi connectivity index (χ1) is 14.0. The van der Waals surface area contributed by atoms with Gasteiger partial charge in [0.1, 0.15) is 0 Å². The monoisotopic (exact) mass is 412 g/mol. The van der Waals surface area contributed by atoms with Crippen LogP contribution in [0.4, 0.5) is 5.69 Å². The number of hydrogen-bond donors (Lipinski definition) is 1. The molecule has 1 heterocycles. The van der Waals surface area contributed by atoms with Gasteiger partial charge in [-0.15, -0.1) is 0 Å². The molecule has 7 heteroatoms. The van der Waals surface area contributed by atoms with Gasteiger partial charge in [-0.05, 0) is 66.3 Å². The van der Waals surface area contributed by atoms with Crippen molar-refractivity contribution in [2.45, 2.75) is 24.2 Å². The summed E-state index contributed by atoms with van der Waals surface area (Å²) < 4.78 is 31.9. The molecule has 0 saturated carbocycles. The van der Waals surface area contributed by atoms with Crippen LogP contribution >= 0.6 is 0 Å². The van der Waals surface area contributed by atoms with E-state index < -0.39 is 10.0 Å². The number of nitrogens with one attached hydrogen (secondary N) is 1. The summed E-state index contributed by atoms with van der Waals surface area (Å²) in [5.41, 5.74) is 4.23. The molecule has 4 rings (SSSR count). The summed E-state index contributed by atoms with van der Waals surface area (Å²) in [6.07, 6.45) is 6.48. The zero-order valence-corrected chi connectivity index (χ0v) is 17.0. The van der Waals surface area contributed by atoms with Gasteiger partial charge in [-0.25, -0.2) is 8.42 Å². The van der Waals surface area contributed by atoms with E-state index in [-0.39, 0.29) is 10.8 Å². The van der Waals surface area contributed by atoms with Crippen molar-refractivity contribution in [3.8, 4) is 0 Å². The Bertz CT molecular complexity index is 1020. The standard InChI is InChI=1S/C22H24N2O4S/c25-22(23-20-8-7-18-2-1-3-19(18)16-20)11-6-17-4-9-21(10-5-17)29(26,27)24-12-14-28-15-13-24/h4-11,16H,1-3,12-15H2,(H,23,25)/b11-6+. The molecule has 1 saturated heterocycles. The molecule has 0 aromatic heterocycles. The van der Waals surface area contributed by atoms with Crippen LogP contribution in [0, 0.1) is 0 Å². The Morgan fingerprint density at radius 1 is 1.00 bits per heavy atom. The van der Waals surface area contributed by atoms with E-state index in [2.05, 4.69) is 11.4 Å². The minimum Gasteiger partial charge on any atom is -0.379 e. The van der Waals surface area contributed by atoms with Gasteiger partial charge in [-0.2, -0.15) is 4.31 Å². The molecule has 2 aromatic carbocycles. The lowest BCUT2D eigenvalue weighted by molar-refractivity contribution is -0.111. The lowest BCUT2D eigenvalue weighted by Crippen LogP contribution is -2.40. The largest absolute Gasteiger partial charge is 0.379 e. The van der Waals surface area contributed by atoms with Gasteiger partial charge < -0.3 is 10.1 Å². The number of benzene rings is 2. The lowest BCUT2D eigenvalue weighted by atomic mass is 10.1. The fourth-order valence-corrected chi connectivity index (χ4v) is 5.10. The van der Waals surface area contributed by atoms with Gasteiger partial charge in [0.25, 0.3) is 0 Å². The molecule has 1 aliphatic heterocycles. The fourth-order valence-electron chi connectivity index (χ4n) is 3.69. The van der Waals surface area contributed by atoms with E-state index in [4.69, 9.17) is 4.74 Å². The first kappa shape index (κ1) is 19.8. The van der Waals surface area contributed by atoms with E-state index in [0.29, 0.717) is 26.3 Å². The Labute approximate surface area is 171 Å². The molecule has 152 valence electrons. The van der Waals surface area contributed by atoms with Crippen LogP contribution in [0.1, 0.15) is 23.1 Å². The Morgan fingerprint density at radius 3 is 2.48 bits per heavy atom. The van der Waals surface area contributed by atoms with E-state index in [0.717, 1.165) is 24.1 Å². The highest BCUT2D eigenvalue weighted by atomic mass is 32.2. The molecular formula is C22H24N2O4S. The molecule has 1 aliphatic carbocycles. The topological polar surface area (TPSA) is 75.7 Å². The second-order valence-electron chi connectivity index (χ2n) is 7.25. The van der Waals surface area contributed by atoms with Crippen LogP contribution in [-0.2, 0) is 32.4 Å². The van der Waals surface area contributed by atoms with Gasteiger partial charge >= 0.3 is 0 Å². The summed E-state index contributed by atoms with van der Waals surface area (Å²) in [5.74, 6) is -0.215. The van der Waals surface area contributed by atoms with Crippen LogP contribution in [0.3, 0.4) is 0 Å². The maximum Gasteiger partial charge on any atom is 0.248 e. The van der Waals surface area contributed by atoms with Gasteiger partial charge in [0.05, 0.1) is 18.1 Å². The number of hydrogen-bond acceptors (Lipinski definition) is 4. The minimum atomic E-state index is -3.51. The number of carbonyl (C=O) groups is 1. The second-order valence-corrected chi connectivity index (χ2v) is 9.18. The molecule has 0 unspecified atom stereocenters. The third-order valence-electron chi connectivity index (χ3n) is 5.28. The molecule has 2 aliphatic rings. The highest BCUT2D eigenvalue weighted by molar-refractivity contribution is 7.89. The number of amides is 1. The molecule has 1 amide bonds. The van der Waals surface area contributed by atoms with Crippen LogP contribution in [0.5, 0.6) is 0 Å². The zero-order chi connectivity index (χ0) is 20.3. The minimum absolute atomic E-state index is 0.215. The predicted molar refractivity (Wildman–Crippen MR) is 112 cm³/mol. The third-order valence-corrected chi connectivity index (χ3v) is 7.19. The maximum atomic E-state index is 12.6. The Kier molecular flexibility index (Phi) is 5.80. The van der Waals surface area contributed by atoms with Crippen molar-refractivity contribution >= 4 is 27.7 Å². The quantitative estimate of drug-likeness (QED) is 0.767. The van der Waals surface area contributed by atoms with Crippen LogP contribution in [0.25, 0.3) is 6.08 Å². The molecule has 2 aromatic rings. The van der Waals surface area contributed by atoms with Crippen molar-refractivity contribution < 1.29 is 17.9 Å². The predicted octanol–water partition coefficient (Wildman–Crippen LogP) is 2.85. The molecule has 0 radical (unpaired) electrons. The number of anilines is 1. The van der Waals surface area contributed by atoms with E-state index in [9.17, 15) is 13.2 Å². The molecule has 29 heavy (non-hydrogen) atoms. The number of aryl methyl sites for hydroxylation is 2. The number of ether oxygens (including phenoxy) is 1. The smallest absolute Gasteiger partial charge is 0.248 e. The summed E-state index contributed by atoms with van der Waals surface area (Å²) in [6, 6.07) is 12.6. The Morgan fingerprint density at radius 2 is 1.72 bits per heavy atom. The van der Waals surface area contributed by atoms with Gasteiger partial charge in [0.2, 0.25) is 15.9 Å². The summed E-state index contributed by atoms with van der Waals surface area (Å²) in [6.45, 7) is 1.57. The molecule has 6 nitrogen and oxygen atoms in total. The number of sulfonamides is 1. The summed E-state index contributed by atoms with van der Waals surface area (Å²) >= 11 is 0. The van der Waals surface area contributed by atoms with Crippen molar-refractivity contribution in [2.75, 3.05) is 31.6 Å². The summed E-state index contributed by atoms with van der Waals surface area (Å²) in [4.78, 5) is 12.5. The van der Waals surface area contributed by atoms with Crippen LogP contribution in [0.2, 0.25) is 0 Å². The van der Waals surface area contributed by atoms with E-state index in [1.807, 2.05) is 12.1 Å². The van der Waals surface area contributed by atoms with Crippen LogP contribution in [-0.4, -0.2) is 44.9 Å². The van der Waals surface area contributed by atoms with Crippen molar-refractivity contribution in [1.82, 2.24) is 4.31 Å². The highest BCUT2D eigenvalue weighted by Gasteiger charge is 2.25. The van der Waals surface area contributed by atoms with E-state index in [1.165, 1.54) is 27.9 Å². The summed E-state index contributed by atoms with van der Waals surface area (Å²) in [5, 5.41) is 2.88. The number of fused-ring (bicyclic) bond motifs is 1.